The molecule has 0 aromatic heterocycles. The van der Waals surface area contributed by atoms with Gasteiger partial charge in [0.05, 0.1) is 5.56 Å². The smallest absolute Gasteiger partial charge is 0.256 e. The molecule has 0 aliphatic heterocycles. The van der Waals surface area contributed by atoms with Gasteiger partial charge in [0, 0.05) is 15.1 Å². The summed E-state index contributed by atoms with van der Waals surface area (Å²) in [5.41, 5.74) is 3.63. The minimum absolute atomic E-state index is 0.146. The van der Waals surface area contributed by atoms with E-state index in [-0.39, 0.29) is 5.91 Å². The number of carbonyl (C=O) groups is 1. The first-order valence-corrected chi connectivity index (χ1v) is 7.08. The van der Waals surface area contributed by atoms with Gasteiger partial charge in [-0.3, -0.25) is 4.79 Å². The van der Waals surface area contributed by atoms with Gasteiger partial charge in [-0.1, -0.05) is 6.07 Å². The van der Waals surface area contributed by atoms with Crippen LogP contribution in [0.2, 0.25) is 0 Å². The van der Waals surface area contributed by atoms with Crippen molar-refractivity contribution in [1.82, 2.24) is 0 Å². The van der Waals surface area contributed by atoms with Crippen LogP contribution in [0.3, 0.4) is 0 Å². The maximum atomic E-state index is 12.2. The Kier molecular flexibility index (Phi) is 4.32. The molecule has 2 rings (SSSR count). The second-order valence-electron chi connectivity index (χ2n) is 4.49. The summed E-state index contributed by atoms with van der Waals surface area (Å²) in [6.07, 6.45) is 0. The molecule has 0 radical (unpaired) electrons. The van der Waals surface area contributed by atoms with Crippen molar-refractivity contribution in [2.45, 2.75) is 18.7 Å². The second kappa shape index (κ2) is 5.80. The second-order valence-corrected chi connectivity index (χ2v) is 5.87. The maximum absolute atomic E-state index is 12.2. The van der Waals surface area contributed by atoms with Crippen LogP contribution in [0.4, 0.5) is 5.69 Å². The third-order valence-electron chi connectivity index (χ3n) is 2.67. The van der Waals surface area contributed by atoms with E-state index in [1.165, 1.54) is 0 Å². The highest BCUT2D eigenvalue weighted by Crippen LogP contribution is 2.22. The fourth-order valence-corrected chi connectivity index (χ4v) is 2.56. The SMILES string of the molecule is Cc1cc(C)cc(NC(=O)c2cc(S)ccc2Br)c1. The third kappa shape index (κ3) is 3.61. The topological polar surface area (TPSA) is 29.1 Å². The summed E-state index contributed by atoms with van der Waals surface area (Å²) >= 11 is 7.63. The number of hydrogen-bond acceptors (Lipinski definition) is 2. The Morgan fingerprint density at radius 2 is 1.74 bits per heavy atom. The van der Waals surface area contributed by atoms with E-state index in [1.54, 1.807) is 6.07 Å². The Morgan fingerprint density at radius 1 is 1.11 bits per heavy atom. The van der Waals surface area contributed by atoms with E-state index >= 15 is 0 Å². The van der Waals surface area contributed by atoms with Crippen LogP contribution in [0.15, 0.2) is 45.8 Å². The molecule has 98 valence electrons. The molecule has 2 aromatic rings. The molecule has 0 aliphatic carbocycles. The molecule has 0 bridgehead atoms. The molecular weight excluding hydrogens is 322 g/mol. The highest BCUT2D eigenvalue weighted by atomic mass is 79.9. The Labute approximate surface area is 126 Å². The van der Waals surface area contributed by atoms with Crippen LogP contribution in [0, 0.1) is 13.8 Å². The number of hydrogen-bond donors (Lipinski definition) is 2. The molecule has 4 heteroatoms. The maximum Gasteiger partial charge on any atom is 0.256 e. The highest BCUT2D eigenvalue weighted by Gasteiger charge is 2.11. The van der Waals surface area contributed by atoms with Crippen LogP contribution in [0.25, 0.3) is 0 Å². The van der Waals surface area contributed by atoms with Crippen LogP contribution < -0.4 is 5.32 Å². The quantitative estimate of drug-likeness (QED) is 0.771. The van der Waals surface area contributed by atoms with Gasteiger partial charge in [-0.2, -0.15) is 0 Å². The Hall–Kier alpha value is -1.26. The monoisotopic (exact) mass is 335 g/mol. The van der Waals surface area contributed by atoms with Crippen molar-refractivity contribution in [2.24, 2.45) is 0 Å². The van der Waals surface area contributed by atoms with E-state index in [1.807, 2.05) is 38.1 Å². The van der Waals surface area contributed by atoms with Crippen LogP contribution >= 0.6 is 28.6 Å². The molecule has 0 saturated carbocycles. The third-order valence-corrected chi connectivity index (χ3v) is 3.64. The van der Waals surface area contributed by atoms with Crippen molar-refractivity contribution in [2.75, 3.05) is 5.32 Å². The number of amides is 1. The average Bonchev–Trinajstić information content (AvgIpc) is 2.30. The van der Waals surface area contributed by atoms with Crippen molar-refractivity contribution >= 4 is 40.2 Å². The zero-order valence-corrected chi connectivity index (χ0v) is 13.2. The number of benzene rings is 2. The van der Waals surface area contributed by atoms with Crippen molar-refractivity contribution in [3.63, 3.8) is 0 Å². The fourth-order valence-electron chi connectivity index (χ4n) is 1.93. The van der Waals surface area contributed by atoms with Crippen molar-refractivity contribution in [3.8, 4) is 0 Å². The lowest BCUT2D eigenvalue weighted by Gasteiger charge is -2.09. The van der Waals surface area contributed by atoms with Crippen LogP contribution in [0.1, 0.15) is 21.5 Å². The number of aryl methyl sites for hydroxylation is 2. The summed E-state index contributed by atoms with van der Waals surface area (Å²) in [6.45, 7) is 4.01. The standard InChI is InChI=1S/C15H14BrNOS/c1-9-5-10(2)7-11(6-9)17-15(18)13-8-12(19)3-4-14(13)16/h3-8,19H,1-2H3,(H,17,18). The predicted molar refractivity (Wildman–Crippen MR) is 85.3 cm³/mol. The summed E-state index contributed by atoms with van der Waals surface area (Å²) in [5, 5.41) is 2.91. The number of halogens is 1. The van der Waals surface area contributed by atoms with E-state index < -0.39 is 0 Å². The largest absolute Gasteiger partial charge is 0.322 e. The lowest BCUT2D eigenvalue weighted by atomic mass is 10.1. The van der Waals surface area contributed by atoms with E-state index in [2.05, 4.69) is 39.9 Å². The number of thiol groups is 1. The zero-order valence-electron chi connectivity index (χ0n) is 10.7. The lowest BCUT2D eigenvalue weighted by molar-refractivity contribution is 0.102. The van der Waals surface area contributed by atoms with Crippen molar-refractivity contribution in [1.29, 1.82) is 0 Å². The van der Waals surface area contributed by atoms with Crippen molar-refractivity contribution in [3.05, 3.63) is 57.6 Å². The lowest BCUT2D eigenvalue weighted by Crippen LogP contribution is -2.12. The molecule has 0 aliphatic rings. The normalized spacial score (nSPS) is 10.3. The summed E-state index contributed by atoms with van der Waals surface area (Å²) in [5.74, 6) is -0.146. The Balaban J connectivity index is 2.28. The highest BCUT2D eigenvalue weighted by molar-refractivity contribution is 9.10. The summed E-state index contributed by atoms with van der Waals surface area (Å²) in [7, 11) is 0. The Morgan fingerprint density at radius 3 is 2.37 bits per heavy atom. The molecule has 0 saturated heterocycles. The first-order valence-electron chi connectivity index (χ1n) is 5.84. The molecule has 1 N–H and O–H groups in total. The Bertz CT molecular complexity index is 620. The van der Waals surface area contributed by atoms with Gasteiger partial charge in [-0.15, -0.1) is 12.6 Å². The molecule has 2 aromatic carbocycles. The van der Waals surface area contributed by atoms with E-state index in [4.69, 9.17) is 0 Å². The average molecular weight is 336 g/mol. The van der Waals surface area contributed by atoms with Crippen LogP contribution in [0.5, 0.6) is 0 Å². The first-order chi connectivity index (χ1) is 8.95. The van der Waals surface area contributed by atoms with Gasteiger partial charge in [0.2, 0.25) is 0 Å². The van der Waals surface area contributed by atoms with E-state index in [0.717, 1.165) is 26.2 Å². The minimum atomic E-state index is -0.146. The van der Waals surface area contributed by atoms with Gasteiger partial charge in [-0.05, 0) is 71.2 Å². The predicted octanol–water partition coefficient (Wildman–Crippen LogP) is 4.61. The van der Waals surface area contributed by atoms with E-state index in [9.17, 15) is 4.79 Å². The number of nitrogens with one attached hydrogen (secondary N) is 1. The van der Waals surface area contributed by atoms with Gasteiger partial charge < -0.3 is 5.32 Å². The van der Waals surface area contributed by atoms with Gasteiger partial charge in [0.25, 0.3) is 5.91 Å². The van der Waals surface area contributed by atoms with Crippen LogP contribution in [-0.2, 0) is 0 Å². The van der Waals surface area contributed by atoms with Gasteiger partial charge in [-0.25, -0.2) is 0 Å². The van der Waals surface area contributed by atoms with Crippen LogP contribution in [-0.4, -0.2) is 5.91 Å². The number of carbonyl (C=O) groups excluding carboxylic acids is 1. The van der Waals surface area contributed by atoms with Gasteiger partial charge >= 0.3 is 0 Å². The molecule has 0 unspecified atom stereocenters. The molecular formula is C15H14BrNOS. The number of anilines is 1. The first kappa shape index (κ1) is 14.2. The number of rotatable bonds is 2. The summed E-state index contributed by atoms with van der Waals surface area (Å²) in [6, 6.07) is 11.4. The van der Waals surface area contributed by atoms with Gasteiger partial charge in [0.15, 0.2) is 0 Å². The molecule has 1 amide bonds. The van der Waals surface area contributed by atoms with Gasteiger partial charge in [0.1, 0.15) is 0 Å². The summed E-state index contributed by atoms with van der Waals surface area (Å²) < 4.78 is 0.757. The zero-order chi connectivity index (χ0) is 14.0. The minimum Gasteiger partial charge on any atom is -0.322 e. The molecule has 0 spiro atoms. The summed E-state index contributed by atoms with van der Waals surface area (Å²) in [4.78, 5) is 13.0. The molecule has 0 heterocycles. The molecule has 2 nitrogen and oxygen atoms in total. The molecule has 0 fully saturated rings. The molecule has 19 heavy (non-hydrogen) atoms. The van der Waals surface area contributed by atoms with Crippen molar-refractivity contribution < 1.29 is 4.79 Å². The fraction of sp³-hybridized carbons (Fsp3) is 0.133. The molecule has 0 atom stereocenters. The van der Waals surface area contributed by atoms with E-state index in [0.29, 0.717) is 5.56 Å².